The highest BCUT2D eigenvalue weighted by atomic mass is 16.6. The van der Waals surface area contributed by atoms with Crippen molar-refractivity contribution < 1.29 is 4.92 Å². The summed E-state index contributed by atoms with van der Waals surface area (Å²) in [6.07, 6.45) is 6.58. The van der Waals surface area contributed by atoms with Crippen molar-refractivity contribution in [3.8, 4) is 0 Å². The first-order valence-electron chi connectivity index (χ1n) is 9.81. The van der Waals surface area contributed by atoms with Crippen LogP contribution in [0.4, 0.5) is 5.69 Å². The van der Waals surface area contributed by atoms with Gasteiger partial charge in [0.15, 0.2) is 0 Å². The number of hydrogen-bond acceptors (Lipinski definition) is 3. The van der Waals surface area contributed by atoms with E-state index in [0.29, 0.717) is 12.1 Å². The minimum atomic E-state index is -0.309. The van der Waals surface area contributed by atoms with Gasteiger partial charge in [0.05, 0.1) is 4.92 Å². The number of aryl methyl sites for hydroxylation is 2. The minimum absolute atomic E-state index is 0.170. The fraction of sp³-hybridized carbons (Fsp3) is 0.364. The number of H-pyrrole nitrogens is 1. The second-order valence-corrected chi connectivity index (χ2v) is 7.82. The predicted octanol–water partition coefficient (Wildman–Crippen LogP) is 4.60. The van der Waals surface area contributed by atoms with Crippen LogP contribution in [-0.4, -0.2) is 15.9 Å². The lowest BCUT2D eigenvalue weighted by Crippen LogP contribution is -2.38. The SMILES string of the molecule is O=[N+]([O-])c1ccc2[nH]c3c(c2c1)CCC[C@@H]3N[C@@H]1CCc2ccccc2C1. The Morgan fingerprint density at radius 1 is 1.07 bits per heavy atom. The molecule has 0 saturated carbocycles. The number of non-ortho nitro benzene ring substituents is 1. The average molecular weight is 361 g/mol. The number of aromatic nitrogens is 1. The maximum atomic E-state index is 11.1. The van der Waals surface area contributed by atoms with Gasteiger partial charge in [-0.3, -0.25) is 10.1 Å². The molecule has 5 heteroatoms. The van der Waals surface area contributed by atoms with Crippen molar-refractivity contribution in [3.63, 3.8) is 0 Å². The van der Waals surface area contributed by atoms with Gasteiger partial charge in [0.25, 0.3) is 5.69 Å². The Balaban J connectivity index is 1.43. The van der Waals surface area contributed by atoms with Crippen LogP contribution in [0.3, 0.4) is 0 Å². The summed E-state index contributed by atoms with van der Waals surface area (Å²) >= 11 is 0. The standard InChI is InChI=1S/C22H23N3O2/c26-25(27)17-10-11-20-19(13-17)18-6-3-7-21(22(18)24-20)23-16-9-8-14-4-1-2-5-15(14)12-16/h1-2,4-5,10-11,13,16,21,23-24H,3,6-9,12H2/t16-,21+/m1/s1. The van der Waals surface area contributed by atoms with E-state index >= 15 is 0 Å². The number of nitrogens with zero attached hydrogens (tertiary/aromatic N) is 1. The van der Waals surface area contributed by atoms with Crippen LogP contribution in [0.2, 0.25) is 0 Å². The van der Waals surface area contributed by atoms with Gasteiger partial charge in [-0.15, -0.1) is 0 Å². The largest absolute Gasteiger partial charge is 0.357 e. The van der Waals surface area contributed by atoms with Gasteiger partial charge < -0.3 is 10.3 Å². The molecule has 0 spiro atoms. The highest BCUT2D eigenvalue weighted by Gasteiger charge is 2.28. The van der Waals surface area contributed by atoms with Gasteiger partial charge in [-0.25, -0.2) is 0 Å². The first-order valence-corrected chi connectivity index (χ1v) is 9.81. The Morgan fingerprint density at radius 2 is 1.93 bits per heavy atom. The summed E-state index contributed by atoms with van der Waals surface area (Å²) in [5, 5.41) is 16.0. The molecule has 2 N–H and O–H groups in total. The predicted molar refractivity (Wildman–Crippen MR) is 106 cm³/mol. The third-order valence-electron chi connectivity index (χ3n) is 6.19. The maximum absolute atomic E-state index is 11.1. The number of nitrogens with one attached hydrogen (secondary N) is 2. The Morgan fingerprint density at radius 3 is 2.78 bits per heavy atom. The lowest BCUT2D eigenvalue weighted by Gasteiger charge is -2.32. The van der Waals surface area contributed by atoms with E-state index in [2.05, 4.69) is 34.6 Å². The van der Waals surface area contributed by atoms with Crippen molar-refractivity contribution in [1.29, 1.82) is 0 Å². The summed E-state index contributed by atoms with van der Waals surface area (Å²) in [6, 6.07) is 14.7. The average Bonchev–Trinajstić information content (AvgIpc) is 3.07. The normalized spacial score (nSPS) is 21.6. The van der Waals surface area contributed by atoms with Gasteiger partial charge in [-0.05, 0) is 61.3 Å². The van der Waals surface area contributed by atoms with Crippen LogP contribution in [0.25, 0.3) is 10.9 Å². The molecule has 1 heterocycles. The molecule has 0 fully saturated rings. The second-order valence-electron chi connectivity index (χ2n) is 7.82. The summed E-state index contributed by atoms with van der Waals surface area (Å²) in [5.74, 6) is 0. The van der Waals surface area contributed by atoms with E-state index in [1.54, 1.807) is 12.1 Å². The summed E-state index contributed by atoms with van der Waals surface area (Å²) in [5.41, 5.74) is 6.61. The Hall–Kier alpha value is -2.66. The van der Waals surface area contributed by atoms with Crippen LogP contribution >= 0.6 is 0 Å². The van der Waals surface area contributed by atoms with Gasteiger partial charge in [0.1, 0.15) is 0 Å². The van der Waals surface area contributed by atoms with Crippen LogP contribution in [-0.2, 0) is 19.3 Å². The lowest BCUT2D eigenvalue weighted by molar-refractivity contribution is -0.384. The molecule has 5 rings (SSSR count). The maximum Gasteiger partial charge on any atom is 0.270 e. The molecule has 2 aromatic carbocycles. The fourth-order valence-electron chi connectivity index (χ4n) is 4.86. The van der Waals surface area contributed by atoms with E-state index < -0.39 is 0 Å². The molecule has 1 aromatic heterocycles. The molecule has 2 aliphatic carbocycles. The van der Waals surface area contributed by atoms with E-state index in [1.807, 2.05) is 6.07 Å². The number of fused-ring (bicyclic) bond motifs is 4. The first kappa shape index (κ1) is 16.5. The van der Waals surface area contributed by atoms with Crippen molar-refractivity contribution in [1.82, 2.24) is 10.3 Å². The Bertz CT molecular complexity index is 1020. The first-order chi connectivity index (χ1) is 13.2. The lowest BCUT2D eigenvalue weighted by atomic mass is 9.86. The fourth-order valence-corrected chi connectivity index (χ4v) is 4.86. The van der Waals surface area contributed by atoms with Crippen LogP contribution in [0.15, 0.2) is 42.5 Å². The summed E-state index contributed by atoms with van der Waals surface area (Å²) < 4.78 is 0. The molecule has 138 valence electrons. The van der Waals surface area contributed by atoms with Crippen LogP contribution < -0.4 is 5.32 Å². The smallest absolute Gasteiger partial charge is 0.270 e. The van der Waals surface area contributed by atoms with Gasteiger partial charge in [0, 0.05) is 40.8 Å². The molecule has 0 bridgehead atoms. The van der Waals surface area contributed by atoms with E-state index in [4.69, 9.17) is 0 Å². The van der Waals surface area contributed by atoms with Crippen LogP contribution in [0.1, 0.15) is 47.7 Å². The molecule has 0 saturated heterocycles. The molecule has 0 radical (unpaired) electrons. The number of nitro benzene ring substituents is 1. The molecule has 5 nitrogen and oxygen atoms in total. The van der Waals surface area contributed by atoms with Gasteiger partial charge in [-0.2, -0.15) is 0 Å². The third-order valence-corrected chi connectivity index (χ3v) is 6.19. The highest BCUT2D eigenvalue weighted by molar-refractivity contribution is 5.87. The summed E-state index contributed by atoms with van der Waals surface area (Å²) in [4.78, 5) is 14.4. The monoisotopic (exact) mass is 361 g/mol. The molecule has 2 aliphatic rings. The van der Waals surface area contributed by atoms with Gasteiger partial charge >= 0.3 is 0 Å². The highest BCUT2D eigenvalue weighted by Crippen LogP contribution is 2.37. The third kappa shape index (κ3) is 2.92. The molecule has 3 aromatic rings. The molecule has 2 atom stereocenters. The van der Waals surface area contributed by atoms with Crippen molar-refractivity contribution in [2.75, 3.05) is 0 Å². The molecule has 27 heavy (non-hydrogen) atoms. The zero-order valence-corrected chi connectivity index (χ0v) is 15.2. The van der Waals surface area contributed by atoms with E-state index in [9.17, 15) is 10.1 Å². The number of nitro groups is 1. The topological polar surface area (TPSA) is 71.0 Å². The molecule has 0 amide bonds. The van der Waals surface area contributed by atoms with Crippen LogP contribution in [0, 0.1) is 10.1 Å². The second kappa shape index (κ2) is 6.50. The zero-order valence-electron chi connectivity index (χ0n) is 15.2. The number of hydrogen-bond donors (Lipinski definition) is 2. The van der Waals surface area contributed by atoms with Crippen LogP contribution in [0.5, 0.6) is 0 Å². The van der Waals surface area contributed by atoms with E-state index in [0.717, 1.165) is 49.4 Å². The Labute approximate surface area is 157 Å². The Kier molecular flexibility index (Phi) is 3.97. The molecular formula is C22H23N3O2. The van der Waals surface area contributed by atoms with E-state index in [-0.39, 0.29) is 10.6 Å². The zero-order chi connectivity index (χ0) is 18.4. The quantitative estimate of drug-likeness (QED) is 0.529. The molecular weight excluding hydrogens is 338 g/mol. The molecule has 0 unspecified atom stereocenters. The van der Waals surface area contributed by atoms with Crippen molar-refractivity contribution >= 4 is 16.6 Å². The minimum Gasteiger partial charge on any atom is -0.357 e. The van der Waals surface area contributed by atoms with Crippen molar-refractivity contribution in [2.24, 2.45) is 0 Å². The van der Waals surface area contributed by atoms with E-state index in [1.165, 1.54) is 22.4 Å². The van der Waals surface area contributed by atoms with Gasteiger partial charge in [0.2, 0.25) is 0 Å². The summed E-state index contributed by atoms with van der Waals surface area (Å²) in [6.45, 7) is 0. The van der Waals surface area contributed by atoms with Crippen molar-refractivity contribution in [3.05, 3.63) is 75.0 Å². The number of benzene rings is 2. The number of aromatic amines is 1. The number of rotatable bonds is 3. The van der Waals surface area contributed by atoms with Gasteiger partial charge in [-0.1, -0.05) is 24.3 Å². The van der Waals surface area contributed by atoms with Crippen molar-refractivity contribution in [2.45, 2.75) is 50.6 Å². The molecule has 0 aliphatic heterocycles. The summed E-state index contributed by atoms with van der Waals surface area (Å²) in [7, 11) is 0.